The smallest absolute Gasteiger partial charge is 0.253 e. The lowest BCUT2D eigenvalue weighted by atomic mass is 9.84. The minimum atomic E-state index is -0.858. The number of amides is 1. The van der Waals surface area contributed by atoms with Gasteiger partial charge in [-0.15, -0.1) is 0 Å². The third-order valence-electron chi connectivity index (χ3n) is 8.91. The zero-order valence-corrected chi connectivity index (χ0v) is 23.1. The van der Waals surface area contributed by atoms with Crippen LogP contribution in [-0.4, -0.2) is 69.3 Å². The SMILES string of the molecule is O=C(c1ccc(Cc2nc3c(N4CCC(O)(c5ccc(Cl)cc5)CC4)cccn3n2)cc1)N1CC2CCNC2C1. The quantitative estimate of drug-likeness (QED) is 0.388. The molecule has 3 aliphatic heterocycles. The van der Waals surface area contributed by atoms with Crippen LogP contribution in [-0.2, 0) is 12.0 Å². The third kappa shape index (κ3) is 4.74. The van der Waals surface area contributed by atoms with E-state index in [2.05, 4.69) is 16.3 Å². The molecule has 1 amide bonds. The fraction of sp³-hybridized carbons (Fsp3) is 0.387. The first kappa shape index (κ1) is 25.5. The van der Waals surface area contributed by atoms with Gasteiger partial charge in [0.05, 0.1) is 11.3 Å². The zero-order valence-electron chi connectivity index (χ0n) is 22.3. The molecule has 3 aliphatic rings. The van der Waals surface area contributed by atoms with Gasteiger partial charge >= 0.3 is 0 Å². The molecule has 0 bridgehead atoms. The van der Waals surface area contributed by atoms with Crippen LogP contribution in [0.5, 0.6) is 0 Å². The largest absolute Gasteiger partial charge is 0.385 e. The number of carbonyl (C=O) groups excluding carboxylic acids is 1. The van der Waals surface area contributed by atoms with Gasteiger partial charge in [-0.1, -0.05) is 35.9 Å². The molecule has 40 heavy (non-hydrogen) atoms. The second kappa shape index (κ2) is 10.2. The van der Waals surface area contributed by atoms with Crippen LogP contribution in [0.2, 0.25) is 5.02 Å². The van der Waals surface area contributed by atoms with E-state index in [0.717, 1.165) is 59.9 Å². The molecule has 2 aromatic carbocycles. The molecule has 0 radical (unpaired) electrons. The van der Waals surface area contributed by atoms with Gasteiger partial charge in [-0.3, -0.25) is 4.79 Å². The lowest BCUT2D eigenvalue weighted by molar-refractivity contribution is 0.0118. The normalized spacial score (nSPS) is 22.1. The van der Waals surface area contributed by atoms with Crippen LogP contribution in [0.25, 0.3) is 5.65 Å². The summed E-state index contributed by atoms with van der Waals surface area (Å²) in [5.41, 5.74) is 3.69. The number of hydrogen-bond acceptors (Lipinski definition) is 6. The number of carbonyl (C=O) groups is 1. The lowest BCUT2D eigenvalue weighted by Gasteiger charge is -2.39. The Balaban J connectivity index is 1.03. The molecule has 206 valence electrons. The van der Waals surface area contributed by atoms with E-state index in [1.165, 1.54) is 0 Å². The standard InChI is InChI=1S/C31H33ClN6O2/c32-25-9-7-24(8-10-25)31(40)12-16-36(17-13-31)27-2-1-15-38-29(27)34-28(35-38)18-21-3-5-22(6-4-21)30(39)37-19-23-11-14-33-26(23)20-37/h1-10,15,23,26,33,40H,11-14,16-20H2. The summed E-state index contributed by atoms with van der Waals surface area (Å²) in [5.74, 6) is 1.44. The highest BCUT2D eigenvalue weighted by atomic mass is 35.5. The van der Waals surface area contributed by atoms with Crippen LogP contribution in [0, 0.1) is 5.92 Å². The van der Waals surface area contributed by atoms with Crippen molar-refractivity contribution in [1.82, 2.24) is 24.8 Å². The fourth-order valence-electron chi connectivity index (χ4n) is 6.57. The number of halogens is 1. The van der Waals surface area contributed by atoms with E-state index >= 15 is 0 Å². The number of aromatic nitrogens is 3. The Morgan fingerprint density at radius 2 is 1.82 bits per heavy atom. The van der Waals surface area contributed by atoms with Crippen molar-refractivity contribution in [3.63, 3.8) is 0 Å². The lowest BCUT2D eigenvalue weighted by Crippen LogP contribution is -2.42. The molecule has 2 N–H and O–H groups in total. The van der Waals surface area contributed by atoms with Crippen LogP contribution < -0.4 is 10.2 Å². The molecule has 3 fully saturated rings. The van der Waals surface area contributed by atoms with Crippen molar-refractivity contribution in [2.45, 2.75) is 37.3 Å². The number of piperidine rings is 1. The average molecular weight is 557 g/mol. The van der Waals surface area contributed by atoms with Gasteiger partial charge < -0.3 is 20.2 Å². The Morgan fingerprint density at radius 3 is 2.58 bits per heavy atom. The fourth-order valence-corrected chi connectivity index (χ4v) is 6.70. The number of nitrogens with one attached hydrogen (secondary N) is 1. The summed E-state index contributed by atoms with van der Waals surface area (Å²) in [6, 6.07) is 19.9. The molecule has 0 spiro atoms. The number of likely N-dealkylation sites (tertiary alicyclic amines) is 1. The first-order valence-corrected chi connectivity index (χ1v) is 14.5. The Bertz CT molecular complexity index is 1520. The van der Waals surface area contributed by atoms with E-state index in [1.807, 2.05) is 70.2 Å². The van der Waals surface area contributed by atoms with Gasteiger partial charge in [0.15, 0.2) is 11.5 Å². The molecular formula is C31H33ClN6O2. The second-order valence-corrected chi connectivity index (χ2v) is 11.8. The Morgan fingerprint density at radius 1 is 1.05 bits per heavy atom. The van der Waals surface area contributed by atoms with Crippen molar-refractivity contribution in [2.75, 3.05) is 37.6 Å². The van der Waals surface area contributed by atoms with Crippen molar-refractivity contribution in [3.05, 3.63) is 94.4 Å². The molecule has 0 aliphatic carbocycles. The molecule has 5 heterocycles. The minimum absolute atomic E-state index is 0.114. The van der Waals surface area contributed by atoms with Crippen molar-refractivity contribution < 1.29 is 9.90 Å². The number of anilines is 1. The number of pyridine rings is 1. The maximum Gasteiger partial charge on any atom is 0.253 e. The number of nitrogens with zero attached hydrogens (tertiary/aromatic N) is 5. The Hall–Kier alpha value is -3.46. The number of rotatable bonds is 5. The predicted molar refractivity (Wildman–Crippen MR) is 155 cm³/mol. The molecule has 8 nitrogen and oxygen atoms in total. The first-order valence-electron chi connectivity index (χ1n) is 14.1. The summed E-state index contributed by atoms with van der Waals surface area (Å²) >= 11 is 6.04. The highest BCUT2D eigenvalue weighted by Crippen LogP contribution is 2.36. The first-order chi connectivity index (χ1) is 19.4. The van der Waals surface area contributed by atoms with Crippen molar-refractivity contribution in [2.24, 2.45) is 5.92 Å². The van der Waals surface area contributed by atoms with Crippen molar-refractivity contribution in [1.29, 1.82) is 0 Å². The van der Waals surface area contributed by atoms with Gasteiger partial charge in [-0.25, -0.2) is 9.50 Å². The van der Waals surface area contributed by atoms with E-state index in [1.54, 1.807) is 0 Å². The summed E-state index contributed by atoms with van der Waals surface area (Å²) in [6.07, 6.45) is 4.91. The minimum Gasteiger partial charge on any atom is -0.385 e. The topological polar surface area (TPSA) is 86.0 Å². The highest BCUT2D eigenvalue weighted by Gasteiger charge is 2.38. The summed E-state index contributed by atoms with van der Waals surface area (Å²) in [7, 11) is 0. The summed E-state index contributed by atoms with van der Waals surface area (Å²) in [6.45, 7) is 4.14. The predicted octanol–water partition coefficient (Wildman–Crippen LogP) is 3.90. The van der Waals surface area contributed by atoms with Crippen LogP contribution in [0.3, 0.4) is 0 Å². The molecular weight excluding hydrogens is 524 g/mol. The van der Waals surface area contributed by atoms with E-state index in [0.29, 0.717) is 49.3 Å². The molecule has 2 aromatic heterocycles. The molecule has 4 aromatic rings. The van der Waals surface area contributed by atoms with Crippen LogP contribution in [0.1, 0.15) is 46.6 Å². The van der Waals surface area contributed by atoms with E-state index in [9.17, 15) is 9.90 Å². The number of hydrogen-bond donors (Lipinski definition) is 2. The maximum absolute atomic E-state index is 13.0. The van der Waals surface area contributed by atoms with Gasteiger partial charge in [0.25, 0.3) is 5.91 Å². The van der Waals surface area contributed by atoms with E-state index in [-0.39, 0.29) is 5.91 Å². The molecule has 3 saturated heterocycles. The monoisotopic (exact) mass is 556 g/mol. The van der Waals surface area contributed by atoms with E-state index in [4.69, 9.17) is 21.7 Å². The van der Waals surface area contributed by atoms with Crippen LogP contribution in [0.4, 0.5) is 5.69 Å². The van der Waals surface area contributed by atoms with Gasteiger partial charge in [0, 0.05) is 55.4 Å². The highest BCUT2D eigenvalue weighted by molar-refractivity contribution is 6.30. The van der Waals surface area contributed by atoms with Gasteiger partial charge in [0.2, 0.25) is 0 Å². The van der Waals surface area contributed by atoms with Crippen molar-refractivity contribution >= 4 is 28.8 Å². The number of aliphatic hydroxyl groups is 1. The van der Waals surface area contributed by atoms with Gasteiger partial charge in [-0.2, -0.15) is 5.10 Å². The van der Waals surface area contributed by atoms with Crippen LogP contribution >= 0.6 is 11.6 Å². The molecule has 9 heteroatoms. The molecule has 0 saturated carbocycles. The maximum atomic E-state index is 13.0. The third-order valence-corrected chi connectivity index (χ3v) is 9.16. The van der Waals surface area contributed by atoms with E-state index < -0.39 is 5.60 Å². The number of benzene rings is 2. The van der Waals surface area contributed by atoms with Gasteiger partial charge in [-0.05, 0) is 79.3 Å². The summed E-state index contributed by atoms with van der Waals surface area (Å²) < 4.78 is 1.83. The second-order valence-electron chi connectivity index (χ2n) is 11.4. The summed E-state index contributed by atoms with van der Waals surface area (Å²) in [5, 5.41) is 20.2. The van der Waals surface area contributed by atoms with Gasteiger partial charge in [0.1, 0.15) is 0 Å². The molecule has 7 rings (SSSR count). The number of fused-ring (bicyclic) bond motifs is 2. The molecule has 2 unspecified atom stereocenters. The zero-order chi connectivity index (χ0) is 27.3. The Kier molecular flexibility index (Phi) is 6.49. The van der Waals surface area contributed by atoms with Crippen molar-refractivity contribution in [3.8, 4) is 0 Å². The molecule has 2 atom stereocenters. The summed E-state index contributed by atoms with van der Waals surface area (Å²) in [4.78, 5) is 22.2. The average Bonchev–Trinajstić information content (AvgIpc) is 3.69. The Labute approximate surface area is 238 Å². The van der Waals surface area contributed by atoms with Crippen LogP contribution in [0.15, 0.2) is 66.9 Å².